The number of halogens is 1. The first-order valence-corrected chi connectivity index (χ1v) is 5.43. The van der Waals surface area contributed by atoms with E-state index in [0.717, 1.165) is 5.56 Å². The number of carbonyl (C=O) groups is 1. The summed E-state index contributed by atoms with van der Waals surface area (Å²) in [6.45, 7) is 5.65. The molecule has 1 rings (SSSR count). The van der Waals surface area contributed by atoms with Crippen LogP contribution in [-0.2, 0) is 4.79 Å². The summed E-state index contributed by atoms with van der Waals surface area (Å²) in [6, 6.07) is 5.00. The molecule has 16 heavy (non-hydrogen) atoms. The lowest BCUT2D eigenvalue weighted by Crippen LogP contribution is -2.04. The molecule has 1 unspecified atom stereocenters. The Bertz CT molecular complexity index is 386. The lowest BCUT2D eigenvalue weighted by molar-refractivity contribution is -0.137. The minimum absolute atomic E-state index is 0.0282. The van der Waals surface area contributed by atoms with Crippen molar-refractivity contribution in [2.75, 3.05) is 0 Å². The van der Waals surface area contributed by atoms with Gasteiger partial charge in [0.15, 0.2) is 0 Å². The largest absolute Gasteiger partial charge is 0.481 e. The Balaban J connectivity index is 2.92. The highest BCUT2D eigenvalue weighted by atomic mass is 19.1. The summed E-state index contributed by atoms with van der Waals surface area (Å²) in [6.07, 6.45) is 0.0282. The van der Waals surface area contributed by atoms with Crippen LogP contribution in [0.3, 0.4) is 0 Å². The summed E-state index contributed by atoms with van der Waals surface area (Å²) in [5, 5.41) is 8.66. The SMILES string of the molecule is CC(C)c1ccc(C(C)CC(=O)O)cc1F. The van der Waals surface area contributed by atoms with Crippen LogP contribution in [0.15, 0.2) is 18.2 Å². The quantitative estimate of drug-likeness (QED) is 0.849. The lowest BCUT2D eigenvalue weighted by atomic mass is 9.94. The van der Waals surface area contributed by atoms with Crippen LogP contribution in [0.5, 0.6) is 0 Å². The van der Waals surface area contributed by atoms with E-state index < -0.39 is 5.97 Å². The molecule has 0 aliphatic rings. The summed E-state index contributed by atoms with van der Waals surface area (Å²) in [7, 11) is 0. The van der Waals surface area contributed by atoms with E-state index in [1.165, 1.54) is 6.07 Å². The standard InChI is InChI=1S/C13H17FO2/c1-8(2)11-5-4-10(7-12(11)14)9(3)6-13(15)16/h4-5,7-9H,6H2,1-3H3,(H,15,16). The van der Waals surface area contributed by atoms with Gasteiger partial charge < -0.3 is 5.11 Å². The van der Waals surface area contributed by atoms with Crippen LogP contribution in [0, 0.1) is 5.82 Å². The summed E-state index contributed by atoms with van der Waals surface area (Å²) < 4.78 is 13.7. The van der Waals surface area contributed by atoms with Crippen LogP contribution in [0.1, 0.15) is 50.2 Å². The van der Waals surface area contributed by atoms with Gasteiger partial charge in [-0.05, 0) is 29.0 Å². The van der Waals surface area contributed by atoms with Crippen LogP contribution in [0.4, 0.5) is 4.39 Å². The van der Waals surface area contributed by atoms with E-state index >= 15 is 0 Å². The average Bonchev–Trinajstić information content (AvgIpc) is 2.15. The van der Waals surface area contributed by atoms with E-state index in [0.29, 0.717) is 5.56 Å². The second kappa shape index (κ2) is 5.10. The van der Waals surface area contributed by atoms with Gasteiger partial charge in [-0.1, -0.05) is 32.9 Å². The Morgan fingerprint density at radius 1 is 1.38 bits per heavy atom. The van der Waals surface area contributed by atoms with E-state index in [4.69, 9.17) is 5.11 Å². The molecule has 0 bridgehead atoms. The van der Waals surface area contributed by atoms with Crippen molar-refractivity contribution in [3.05, 3.63) is 35.1 Å². The molecule has 0 saturated carbocycles. The Kier molecular flexibility index (Phi) is 4.05. The maximum absolute atomic E-state index is 13.7. The van der Waals surface area contributed by atoms with Crippen LogP contribution < -0.4 is 0 Å². The van der Waals surface area contributed by atoms with Gasteiger partial charge in [-0.25, -0.2) is 4.39 Å². The summed E-state index contributed by atoms with van der Waals surface area (Å²) in [4.78, 5) is 10.5. The van der Waals surface area contributed by atoms with Gasteiger partial charge in [0.2, 0.25) is 0 Å². The second-order valence-corrected chi connectivity index (χ2v) is 4.43. The Hall–Kier alpha value is -1.38. The molecule has 0 heterocycles. The minimum atomic E-state index is -0.860. The highest BCUT2D eigenvalue weighted by Gasteiger charge is 2.13. The first kappa shape index (κ1) is 12.7. The lowest BCUT2D eigenvalue weighted by Gasteiger charge is -2.12. The highest BCUT2D eigenvalue weighted by Crippen LogP contribution is 2.24. The van der Waals surface area contributed by atoms with Gasteiger partial charge in [0.05, 0.1) is 6.42 Å². The van der Waals surface area contributed by atoms with Crippen molar-refractivity contribution in [1.29, 1.82) is 0 Å². The number of rotatable bonds is 4. The zero-order valence-electron chi connectivity index (χ0n) is 9.83. The van der Waals surface area contributed by atoms with E-state index in [1.807, 2.05) is 19.9 Å². The van der Waals surface area contributed by atoms with E-state index in [2.05, 4.69) is 0 Å². The summed E-state index contributed by atoms with van der Waals surface area (Å²) in [5.74, 6) is -1.12. The normalized spacial score (nSPS) is 12.8. The van der Waals surface area contributed by atoms with Gasteiger partial charge >= 0.3 is 5.97 Å². The summed E-state index contributed by atoms with van der Waals surface area (Å²) in [5.41, 5.74) is 1.41. The average molecular weight is 224 g/mol. The molecule has 88 valence electrons. The van der Waals surface area contributed by atoms with E-state index in [9.17, 15) is 9.18 Å². The first-order valence-electron chi connectivity index (χ1n) is 5.43. The van der Waals surface area contributed by atoms with Crippen LogP contribution in [0.2, 0.25) is 0 Å². The number of carboxylic acid groups (broad SMARTS) is 1. The third kappa shape index (κ3) is 3.05. The molecule has 2 nitrogen and oxygen atoms in total. The zero-order valence-corrected chi connectivity index (χ0v) is 9.83. The molecule has 0 aromatic heterocycles. The monoisotopic (exact) mass is 224 g/mol. The van der Waals surface area contributed by atoms with Crippen LogP contribution in [-0.4, -0.2) is 11.1 Å². The number of benzene rings is 1. The van der Waals surface area contributed by atoms with Gasteiger partial charge in [-0.2, -0.15) is 0 Å². The van der Waals surface area contributed by atoms with Gasteiger partial charge in [-0.15, -0.1) is 0 Å². The van der Waals surface area contributed by atoms with Gasteiger partial charge in [0, 0.05) is 0 Å². The molecule has 0 aliphatic heterocycles. The fourth-order valence-electron chi connectivity index (χ4n) is 1.70. The van der Waals surface area contributed by atoms with Crippen molar-refractivity contribution >= 4 is 5.97 Å². The van der Waals surface area contributed by atoms with Gasteiger partial charge in [0.1, 0.15) is 5.82 Å². The van der Waals surface area contributed by atoms with Crippen molar-refractivity contribution in [2.24, 2.45) is 0 Å². The molecular weight excluding hydrogens is 207 g/mol. The molecule has 0 spiro atoms. The van der Waals surface area contributed by atoms with Crippen molar-refractivity contribution in [3.8, 4) is 0 Å². The molecule has 0 saturated heterocycles. The Morgan fingerprint density at radius 2 is 2.00 bits per heavy atom. The fourth-order valence-corrected chi connectivity index (χ4v) is 1.70. The number of carboxylic acids is 1. The predicted octanol–water partition coefficient (Wildman–Crippen LogP) is 3.53. The highest BCUT2D eigenvalue weighted by molar-refractivity contribution is 5.67. The third-order valence-electron chi connectivity index (χ3n) is 2.70. The molecule has 0 fully saturated rings. The molecule has 0 amide bonds. The molecule has 0 radical (unpaired) electrons. The number of hydrogen-bond acceptors (Lipinski definition) is 1. The van der Waals surface area contributed by atoms with E-state index in [1.54, 1.807) is 13.0 Å². The smallest absolute Gasteiger partial charge is 0.303 e. The van der Waals surface area contributed by atoms with E-state index in [-0.39, 0.29) is 24.1 Å². The molecule has 1 atom stereocenters. The fraction of sp³-hybridized carbons (Fsp3) is 0.462. The molecule has 1 aromatic carbocycles. The predicted molar refractivity (Wildman–Crippen MR) is 61.2 cm³/mol. The summed E-state index contributed by atoms with van der Waals surface area (Å²) >= 11 is 0. The number of aliphatic carboxylic acids is 1. The van der Waals surface area contributed by atoms with Crippen molar-refractivity contribution in [2.45, 2.75) is 39.0 Å². The molecule has 1 aromatic rings. The van der Waals surface area contributed by atoms with Gasteiger partial charge in [-0.3, -0.25) is 4.79 Å². The minimum Gasteiger partial charge on any atom is -0.481 e. The Morgan fingerprint density at radius 3 is 2.44 bits per heavy atom. The maximum atomic E-state index is 13.7. The van der Waals surface area contributed by atoms with Crippen molar-refractivity contribution in [3.63, 3.8) is 0 Å². The van der Waals surface area contributed by atoms with Crippen LogP contribution in [0.25, 0.3) is 0 Å². The molecule has 3 heteroatoms. The second-order valence-electron chi connectivity index (χ2n) is 4.43. The molecular formula is C13H17FO2. The zero-order chi connectivity index (χ0) is 12.3. The Labute approximate surface area is 95.1 Å². The molecule has 1 N–H and O–H groups in total. The maximum Gasteiger partial charge on any atom is 0.303 e. The third-order valence-corrected chi connectivity index (χ3v) is 2.70. The van der Waals surface area contributed by atoms with Gasteiger partial charge in [0.25, 0.3) is 0 Å². The van der Waals surface area contributed by atoms with Crippen molar-refractivity contribution in [1.82, 2.24) is 0 Å². The number of hydrogen-bond donors (Lipinski definition) is 1. The topological polar surface area (TPSA) is 37.3 Å². The molecule has 0 aliphatic carbocycles. The first-order chi connectivity index (χ1) is 7.41. The van der Waals surface area contributed by atoms with Crippen LogP contribution >= 0.6 is 0 Å². The van der Waals surface area contributed by atoms with Crippen molar-refractivity contribution < 1.29 is 14.3 Å².